The number of hydrogen-bond acceptors (Lipinski definition) is 4. The molecule has 0 bridgehead atoms. The van der Waals surface area contributed by atoms with Crippen LogP contribution >= 0.6 is 0 Å². The van der Waals surface area contributed by atoms with Gasteiger partial charge in [0.2, 0.25) is 0 Å². The van der Waals surface area contributed by atoms with E-state index in [9.17, 15) is 23.4 Å². The molecule has 0 amide bonds. The molecule has 1 aliphatic rings. The van der Waals surface area contributed by atoms with Crippen molar-refractivity contribution in [2.75, 3.05) is 13.1 Å². The summed E-state index contributed by atoms with van der Waals surface area (Å²) in [6, 6.07) is 11.3. The quantitative estimate of drug-likeness (QED) is 0.891. The summed E-state index contributed by atoms with van der Waals surface area (Å²) in [5.74, 6) is 0. The fourth-order valence-corrected chi connectivity index (χ4v) is 3.13. The zero-order chi connectivity index (χ0) is 18.1. The van der Waals surface area contributed by atoms with E-state index in [-0.39, 0.29) is 6.54 Å². The van der Waals surface area contributed by atoms with Gasteiger partial charge in [-0.25, -0.2) is 0 Å². The van der Waals surface area contributed by atoms with Crippen LogP contribution in [0.5, 0.6) is 0 Å². The van der Waals surface area contributed by atoms with Crippen molar-refractivity contribution in [2.45, 2.75) is 30.8 Å². The minimum absolute atomic E-state index is 0.229. The molecule has 2 heterocycles. The summed E-state index contributed by atoms with van der Waals surface area (Å²) in [6.45, 7) is 1.11. The van der Waals surface area contributed by atoms with Crippen LogP contribution in [0.4, 0.5) is 13.2 Å². The summed E-state index contributed by atoms with van der Waals surface area (Å²) in [4.78, 5) is 5.34. The average Bonchev–Trinajstić information content (AvgIpc) is 2.59. The van der Waals surface area contributed by atoms with Crippen molar-refractivity contribution in [1.29, 1.82) is 0 Å². The van der Waals surface area contributed by atoms with Gasteiger partial charge < -0.3 is 10.2 Å². The highest BCUT2D eigenvalue weighted by Crippen LogP contribution is 2.33. The molecule has 0 unspecified atom stereocenters. The molecule has 0 spiro atoms. The number of pyridine rings is 1. The molecule has 3 rings (SSSR count). The zero-order valence-electron chi connectivity index (χ0n) is 13.4. The maximum absolute atomic E-state index is 12.5. The molecular weight excluding hydrogens is 333 g/mol. The second kappa shape index (κ2) is 6.74. The second-order valence-corrected chi connectivity index (χ2v) is 6.34. The van der Waals surface area contributed by atoms with E-state index in [0.717, 1.165) is 6.07 Å². The molecule has 4 nitrogen and oxygen atoms in total. The average molecular weight is 352 g/mol. The van der Waals surface area contributed by atoms with Crippen molar-refractivity contribution in [3.8, 4) is 0 Å². The van der Waals surface area contributed by atoms with Crippen LogP contribution in [0.25, 0.3) is 0 Å². The molecule has 0 saturated carbocycles. The second-order valence-electron chi connectivity index (χ2n) is 6.34. The van der Waals surface area contributed by atoms with Gasteiger partial charge in [-0.15, -0.1) is 0 Å². The third-order valence-electron chi connectivity index (χ3n) is 4.59. The molecule has 2 aromatic rings. The summed E-state index contributed by atoms with van der Waals surface area (Å²) < 4.78 is 37.6. The Morgan fingerprint density at radius 1 is 1.16 bits per heavy atom. The van der Waals surface area contributed by atoms with E-state index in [1.807, 2.05) is 11.0 Å². The SMILES string of the molecule is O[C@H]1CN(Cc2ccc(C(F)(F)F)nc2)CC[C@]1(O)c1ccccc1. The largest absolute Gasteiger partial charge is 0.433 e. The van der Waals surface area contributed by atoms with Gasteiger partial charge in [0.05, 0.1) is 6.10 Å². The molecule has 134 valence electrons. The number of benzene rings is 1. The predicted octanol–water partition coefficient (Wildman–Crippen LogP) is 2.55. The zero-order valence-corrected chi connectivity index (χ0v) is 13.4. The van der Waals surface area contributed by atoms with Gasteiger partial charge in [-0.05, 0) is 23.6 Å². The van der Waals surface area contributed by atoms with Crippen molar-refractivity contribution in [1.82, 2.24) is 9.88 Å². The third kappa shape index (κ3) is 3.84. The fraction of sp³-hybridized carbons (Fsp3) is 0.389. The lowest BCUT2D eigenvalue weighted by atomic mass is 9.82. The van der Waals surface area contributed by atoms with E-state index in [0.29, 0.717) is 30.6 Å². The Balaban J connectivity index is 1.65. The number of aliphatic hydroxyl groups is 2. The fourth-order valence-electron chi connectivity index (χ4n) is 3.13. The third-order valence-corrected chi connectivity index (χ3v) is 4.59. The molecule has 7 heteroatoms. The van der Waals surface area contributed by atoms with Crippen molar-refractivity contribution in [3.05, 3.63) is 65.5 Å². The number of piperidine rings is 1. The number of alkyl halides is 3. The Kier molecular flexibility index (Phi) is 4.81. The van der Waals surface area contributed by atoms with Gasteiger partial charge in [-0.2, -0.15) is 13.2 Å². The Bertz CT molecular complexity index is 707. The number of likely N-dealkylation sites (tertiary alicyclic amines) is 1. The summed E-state index contributed by atoms with van der Waals surface area (Å²) in [5, 5.41) is 21.2. The Morgan fingerprint density at radius 2 is 1.88 bits per heavy atom. The minimum atomic E-state index is -4.45. The normalized spacial score (nSPS) is 25.1. The molecule has 2 atom stereocenters. The van der Waals surface area contributed by atoms with E-state index in [1.54, 1.807) is 24.3 Å². The molecule has 0 aliphatic carbocycles. The number of nitrogens with zero attached hydrogens (tertiary/aromatic N) is 2. The number of halogens is 3. The standard InChI is InChI=1S/C18H19F3N2O2/c19-18(20,21)15-7-6-13(10-22-15)11-23-9-8-17(25,16(24)12-23)14-4-2-1-3-5-14/h1-7,10,16,24-25H,8-9,11-12H2/t16-,17-/m0/s1. The van der Waals surface area contributed by atoms with Crippen LogP contribution in [0, 0.1) is 0 Å². The summed E-state index contributed by atoms with van der Waals surface area (Å²) in [7, 11) is 0. The molecule has 1 aliphatic heterocycles. The van der Waals surface area contributed by atoms with Crippen molar-refractivity contribution in [2.24, 2.45) is 0 Å². The molecular formula is C18H19F3N2O2. The smallest absolute Gasteiger partial charge is 0.388 e. The lowest BCUT2D eigenvalue weighted by Crippen LogP contribution is -2.53. The van der Waals surface area contributed by atoms with Crippen LogP contribution in [-0.2, 0) is 18.3 Å². The predicted molar refractivity (Wildman–Crippen MR) is 85.5 cm³/mol. The van der Waals surface area contributed by atoms with Crippen LogP contribution in [0.15, 0.2) is 48.7 Å². The summed E-state index contributed by atoms with van der Waals surface area (Å²) >= 11 is 0. The van der Waals surface area contributed by atoms with Crippen molar-refractivity contribution >= 4 is 0 Å². The van der Waals surface area contributed by atoms with Gasteiger partial charge >= 0.3 is 6.18 Å². The van der Waals surface area contributed by atoms with Crippen LogP contribution in [-0.4, -0.2) is 39.3 Å². The first-order valence-corrected chi connectivity index (χ1v) is 7.99. The highest BCUT2D eigenvalue weighted by atomic mass is 19.4. The number of hydrogen-bond donors (Lipinski definition) is 2. The van der Waals surface area contributed by atoms with E-state index in [4.69, 9.17) is 0 Å². The van der Waals surface area contributed by atoms with Crippen molar-refractivity contribution in [3.63, 3.8) is 0 Å². The number of aliphatic hydroxyl groups excluding tert-OH is 1. The molecule has 1 fully saturated rings. The molecule has 1 aromatic heterocycles. The highest BCUT2D eigenvalue weighted by Gasteiger charge is 2.41. The van der Waals surface area contributed by atoms with Gasteiger partial charge in [0.15, 0.2) is 0 Å². The maximum Gasteiger partial charge on any atom is 0.433 e. The van der Waals surface area contributed by atoms with Gasteiger partial charge in [0.1, 0.15) is 11.3 Å². The summed E-state index contributed by atoms with van der Waals surface area (Å²) in [5.41, 5.74) is -0.937. The molecule has 25 heavy (non-hydrogen) atoms. The van der Waals surface area contributed by atoms with Crippen molar-refractivity contribution < 1.29 is 23.4 Å². The Hall–Kier alpha value is -1.96. The van der Waals surface area contributed by atoms with Gasteiger partial charge in [-0.3, -0.25) is 9.88 Å². The van der Waals surface area contributed by atoms with E-state index in [2.05, 4.69) is 4.98 Å². The topological polar surface area (TPSA) is 56.6 Å². The van der Waals surface area contributed by atoms with E-state index in [1.165, 1.54) is 12.3 Å². The molecule has 0 radical (unpaired) electrons. The lowest BCUT2D eigenvalue weighted by Gasteiger charge is -2.42. The number of rotatable bonds is 3. The number of aromatic nitrogens is 1. The van der Waals surface area contributed by atoms with Gasteiger partial charge in [0.25, 0.3) is 0 Å². The molecule has 2 N–H and O–H groups in total. The highest BCUT2D eigenvalue weighted by molar-refractivity contribution is 5.25. The van der Waals surface area contributed by atoms with Crippen LogP contribution in [0.1, 0.15) is 23.2 Å². The monoisotopic (exact) mass is 352 g/mol. The molecule has 1 saturated heterocycles. The first kappa shape index (κ1) is 17.8. The van der Waals surface area contributed by atoms with Gasteiger partial charge in [0, 0.05) is 25.8 Å². The molecule has 1 aromatic carbocycles. The first-order valence-electron chi connectivity index (χ1n) is 7.99. The van der Waals surface area contributed by atoms with E-state index >= 15 is 0 Å². The minimum Gasteiger partial charge on any atom is -0.388 e. The van der Waals surface area contributed by atoms with Crippen LogP contribution < -0.4 is 0 Å². The Morgan fingerprint density at radius 3 is 2.44 bits per heavy atom. The maximum atomic E-state index is 12.5. The number of β-amino-alcohol motifs (C(OH)–C–C–N with tert-alkyl or cyclic N) is 1. The Labute approximate surface area is 143 Å². The lowest BCUT2D eigenvalue weighted by molar-refractivity contribution is -0.141. The van der Waals surface area contributed by atoms with Crippen LogP contribution in [0.3, 0.4) is 0 Å². The summed E-state index contributed by atoms with van der Waals surface area (Å²) in [6.07, 6.45) is -3.89. The van der Waals surface area contributed by atoms with Crippen LogP contribution in [0.2, 0.25) is 0 Å². The first-order chi connectivity index (χ1) is 11.8. The van der Waals surface area contributed by atoms with Gasteiger partial charge in [-0.1, -0.05) is 36.4 Å². The van der Waals surface area contributed by atoms with E-state index < -0.39 is 23.6 Å².